The first-order chi connectivity index (χ1) is 13.2. The fourth-order valence-corrected chi connectivity index (χ4v) is 5.45. The molecule has 1 N–H and O–H groups in total. The molecular formula is C19H23ClN2O4S2. The predicted octanol–water partition coefficient (Wildman–Crippen LogP) is 4.02. The molecular weight excluding hydrogens is 420 g/mol. The van der Waals surface area contributed by atoms with Crippen molar-refractivity contribution >= 4 is 43.8 Å². The Kier molecular flexibility index (Phi) is 6.44. The molecule has 1 amide bonds. The standard InChI is InChI=1S/C19H23ClN2O4S2/c1-19(2,28(24,25)12-13-7-9-26-10-8-13)17(23)22-18-21-16(11-27-18)14-3-5-15(20)6-4-14/h3-6,11,13H,7-10,12H2,1-2H3,(H,21,22,23). The zero-order chi connectivity index (χ0) is 20.4. The van der Waals surface area contributed by atoms with E-state index in [1.807, 2.05) is 17.5 Å². The van der Waals surface area contributed by atoms with Crippen molar-refractivity contribution < 1.29 is 17.9 Å². The molecule has 1 aliphatic rings. The van der Waals surface area contributed by atoms with Crippen LogP contribution in [0.4, 0.5) is 5.13 Å². The predicted molar refractivity (Wildman–Crippen MR) is 113 cm³/mol. The smallest absolute Gasteiger partial charge is 0.247 e. The second-order valence-corrected chi connectivity index (χ2v) is 11.2. The van der Waals surface area contributed by atoms with Gasteiger partial charge in [0.1, 0.15) is 4.75 Å². The minimum Gasteiger partial charge on any atom is -0.381 e. The maximum absolute atomic E-state index is 12.9. The van der Waals surface area contributed by atoms with Crippen molar-refractivity contribution in [2.24, 2.45) is 5.92 Å². The number of benzene rings is 1. The van der Waals surface area contributed by atoms with E-state index >= 15 is 0 Å². The van der Waals surface area contributed by atoms with E-state index in [-0.39, 0.29) is 11.7 Å². The number of nitrogens with zero attached hydrogens (tertiary/aromatic N) is 1. The molecule has 0 bridgehead atoms. The molecule has 3 rings (SSSR count). The number of nitrogens with one attached hydrogen (secondary N) is 1. The number of rotatable bonds is 6. The Morgan fingerprint density at radius 1 is 1.29 bits per heavy atom. The van der Waals surface area contributed by atoms with Gasteiger partial charge in [0.05, 0.1) is 11.4 Å². The molecule has 0 saturated carbocycles. The SMILES string of the molecule is CC(C)(C(=O)Nc1nc(-c2ccc(Cl)cc2)cs1)S(=O)(=O)CC1CCOCC1. The van der Waals surface area contributed by atoms with E-state index in [1.165, 1.54) is 25.2 Å². The zero-order valence-corrected chi connectivity index (χ0v) is 18.2. The van der Waals surface area contributed by atoms with Crippen LogP contribution in [0.1, 0.15) is 26.7 Å². The normalized spacial score (nSPS) is 16.1. The summed E-state index contributed by atoms with van der Waals surface area (Å²) in [5.41, 5.74) is 1.56. The molecule has 1 fully saturated rings. The molecule has 1 aromatic carbocycles. The summed E-state index contributed by atoms with van der Waals surface area (Å²) in [6.45, 7) is 4.04. The average molecular weight is 443 g/mol. The molecule has 1 aromatic heterocycles. The van der Waals surface area contributed by atoms with E-state index in [2.05, 4.69) is 10.3 Å². The number of hydrogen-bond donors (Lipinski definition) is 1. The van der Waals surface area contributed by atoms with Gasteiger partial charge in [0.25, 0.3) is 0 Å². The summed E-state index contributed by atoms with van der Waals surface area (Å²) in [6.07, 6.45) is 1.40. The quantitative estimate of drug-likeness (QED) is 0.730. The molecule has 1 aliphatic heterocycles. The number of amides is 1. The van der Waals surface area contributed by atoms with Gasteiger partial charge in [0.15, 0.2) is 15.0 Å². The maximum atomic E-state index is 12.9. The minimum atomic E-state index is -3.63. The highest BCUT2D eigenvalue weighted by Gasteiger charge is 2.43. The van der Waals surface area contributed by atoms with Crippen molar-refractivity contribution in [3.8, 4) is 11.3 Å². The lowest BCUT2D eigenvalue weighted by atomic mass is 10.0. The third-order valence-electron chi connectivity index (χ3n) is 4.98. The van der Waals surface area contributed by atoms with E-state index in [0.29, 0.717) is 41.9 Å². The number of hydrogen-bond acceptors (Lipinski definition) is 6. The second kappa shape index (κ2) is 8.49. The van der Waals surface area contributed by atoms with E-state index in [4.69, 9.17) is 16.3 Å². The molecule has 152 valence electrons. The van der Waals surface area contributed by atoms with Gasteiger partial charge in [-0.25, -0.2) is 13.4 Å². The van der Waals surface area contributed by atoms with Crippen LogP contribution in [0.5, 0.6) is 0 Å². The third-order valence-corrected chi connectivity index (χ3v) is 8.65. The highest BCUT2D eigenvalue weighted by molar-refractivity contribution is 7.93. The lowest BCUT2D eigenvalue weighted by Crippen LogP contribution is -2.47. The number of aromatic nitrogens is 1. The summed E-state index contributed by atoms with van der Waals surface area (Å²) in [4.78, 5) is 17.1. The van der Waals surface area contributed by atoms with Crippen molar-refractivity contribution in [2.45, 2.75) is 31.4 Å². The van der Waals surface area contributed by atoms with Crippen molar-refractivity contribution in [1.29, 1.82) is 0 Å². The average Bonchev–Trinajstić information content (AvgIpc) is 3.11. The van der Waals surface area contributed by atoms with E-state index in [0.717, 1.165) is 5.56 Å². The van der Waals surface area contributed by atoms with Crippen LogP contribution in [0, 0.1) is 5.92 Å². The van der Waals surface area contributed by atoms with Gasteiger partial charge in [0, 0.05) is 29.2 Å². The first kappa shape index (κ1) is 21.2. The molecule has 6 nitrogen and oxygen atoms in total. The first-order valence-electron chi connectivity index (χ1n) is 9.02. The van der Waals surface area contributed by atoms with Crippen molar-refractivity contribution in [1.82, 2.24) is 4.98 Å². The summed E-state index contributed by atoms with van der Waals surface area (Å²) in [6, 6.07) is 7.21. The van der Waals surface area contributed by atoms with Crippen LogP contribution in [-0.2, 0) is 19.4 Å². The molecule has 0 unspecified atom stereocenters. The highest BCUT2D eigenvalue weighted by atomic mass is 35.5. The van der Waals surface area contributed by atoms with Crippen LogP contribution in [0.2, 0.25) is 5.02 Å². The number of anilines is 1. The third kappa shape index (κ3) is 4.74. The van der Waals surface area contributed by atoms with Crippen LogP contribution in [-0.4, -0.2) is 43.0 Å². The molecule has 0 spiro atoms. The number of halogens is 1. The summed E-state index contributed by atoms with van der Waals surface area (Å²) in [5.74, 6) is -0.552. The Labute approximate surface area is 174 Å². The van der Waals surface area contributed by atoms with Gasteiger partial charge in [-0.15, -0.1) is 11.3 Å². The largest absolute Gasteiger partial charge is 0.381 e. The summed E-state index contributed by atoms with van der Waals surface area (Å²) in [5, 5.41) is 5.47. The van der Waals surface area contributed by atoms with E-state index < -0.39 is 20.5 Å². The van der Waals surface area contributed by atoms with Gasteiger partial charge in [-0.05, 0) is 44.7 Å². The first-order valence-corrected chi connectivity index (χ1v) is 11.9. The van der Waals surface area contributed by atoms with Gasteiger partial charge in [-0.2, -0.15) is 0 Å². The molecule has 2 aromatic rings. The summed E-state index contributed by atoms with van der Waals surface area (Å²) in [7, 11) is -3.63. The summed E-state index contributed by atoms with van der Waals surface area (Å²) >= 11 is 7.15. The number of carbonyl (C=O) groups is 1. The number of thiazole rings is 1. The molecule has 2 heterocycles. The van der Waals surface area contributed by atoms with Crippen LogP contribution in [0.25, 0.3) is 11.3 Å². The molecule has 1 saturated heterocycles. The Hall–Kier alpha value is -1.48. The minimum absolute atomic E-state index is 0.00925. The van der Waals surface area contributed by atoms with E-state index in [1.54, 1.807) is 12.1 Å². The van der Waals surface area contributed by atoms with Crippen LogP contribution in [0.15, 0.2) is 29.6 Å². The fourth-order valence-electron chi connectivity index (χ4n) is 2.90. The monoisotopic (exact) mass is 442 g/mol. The highest BCUT2D eigenvalue weighted by Crippen LogP contribution is 2.29. The fraction of sp³-hybridized carbons (Fsp3) is 0.474. The topological polar surface area (TPSA) is 85.4 Å². The summed E-state index contributed by atoms with van der Waals surface area (Å²) < 4.78 is 29.5. The maximum Gasteiger partial charge on any atom is 0.247 e. The van der Waals surface area contributed by atoms with Gasteiger partial charge < -0.3 is 10.1 Å². The molecule has 9 heteroatoms. The number of sulfone groups is 1. The second-order valence-electron chi connectivity index (χ2n) is 7.35. The Morgan fingerprint density at radius 2 is 1.93 bits per heavy atom. The lowest BCUT2D eigenvalue weighted by Gasteiger charge is -2.28. The van der Waals surface area contributed by atoms with Crippen molar-refractivity contribution in [3.63, 3.8) is 0 Å². The van der Waals surface area contributed by atoms with Gasteiger partial charge in [-0.3, -0.25) is 4.79 Å². The van der Waals surface area contributed by atoms with E-state index in [9.17, 15) is 13.2 Å². The molecule has 0 aliphatic carbocycles. The number of carbonyl (C=O) groups excluding carboxylic acids is 1. The molecule has 0 radical (unpaired) electrons. The van der Waals surface area contributed by atoms with Crippen molar-refractivity contribution in [3.05, 3.63) is 34.7 Å². The Morgan fingerprint density at radius 3 is 2.57 bits per heavy atom. The lowest BCUT2D eigenvalue weighted by molar-refractivity contribution is -0.117. The van der Waals surface area contributed by atoms with Gasteiger partial charge in [-0.1, -0.05) is 23.7 Å². The van der Waals surface area contributed by atoms with Gasteiger partial charge in [0.2, 0.25) is 5.91 Å². The number of ether oxygens (including phenoxy) is 1. The molecule has 28 heavy (non-hydrogen) atoms. The van der Waals surface area contributed by atoms with Gasteiger partial charge >= 0.3 is 0 Å². The van der Waals surface area contributed by atoms with Crippen LogP contribution in [0.3, 0.4) is 0 Å². The Balaban J connectivity index is 1.69. The Bertz CT molecular complexity index is 933. The molecule has 0 atom stereocenters. The zero-order valence-electron chi connectivity index (χ0n) is 15.8. The van der Waals surface area contributed by atoms with Crippen LogP contribution >= 0.6 is 22.9 Å². The van der Waals surface area contributed by atoms with Crippen molar-refractivity contribution in [2.75, 3.05) is 24.3 Å². The van der Waals surface area contributed by atoms with Crippen LogP contribution < -0.4 is 5.32 Å².